The molecule has 0 aromatic rings. The zero-order chi connectivity index (χ0) is 12.0. The van der Waals surface area contributed by atoms with Gasteiger partial charge in [0.1, 0.15) is 0 Å². The Bertz CT molecular complexity index is 220. The maximum Gasteiger partial charge on any atom is 0.220 e. The molecular weight excluding hydrogens is 266 g/mol. The highest BCUT2D eigenvalue weighted by atomic mass is 79.9. The van der Waals surface area contributed by atoms with Gasteiger partial charge in [-0.05, 0) is 31.1 Å². The molecule has 0 aliphatic heterocycles. The zero-order valence-corrected chi connectivity index (χ0v) is 12.1. The lowest BCUT2D eigenvalue weighted by Crippen LogP contribution is -2.32. The number of hydrogen-bond donors (Lipinski definition) is 1. The molecule has 3 atom stereocenters. The largest absolute Gasteiger partial charge is 0.356 e. The minimum atomic E-state index is 0.228. The van der Waals surface area contributed by atoms with Gasteiger partial charge >= 0.3 is 0 Å². The van der Waals surface area contributed by atoms with E-state index in [1.165, 1.54) is 25.7 Å². The van der Waals surface area contributed by atoms with E-state index in [4.69, 9.17) is 0 Å². The molecule has 0 aromatic carbocycles. The Morgan fingerprint density at radius 3 is 2.88 bits per heavy atom. The number of hydrogen-bond acceptors (Lipinski definition) is 1. The predicted molar refractivity (Wildman–Crippen MR) is 71.8 cm³/mol. The summed E-state index contributed by atoms with van der Waals surface area (Å²) in [6.07, 6.45) is 6.83. The van der Waals surface area contributed by atoms with Crippen LogP contribution in [0.2, 0.25) is 0 Å². The van der Waals surface area contributed by atoms with E-state index in [1.54, 1.807) is 0 Å². The Hall–Kier alpha value is -0.0500. The molecule has 0 radical (unpaired) electrons. The fourth-order valence-corrected chi connectivity index (χ4v) is 3.05. The van der Waals surface area contributed by atoms with Crippen molar-refractivity contribution in [2.24, 2.45) is 11.8 Å². The van der Waals surface area contributed by atoms with Crippen molar-refractivity contribution in [2.45, 2.75) is 57.2 Å². The summed E-state index contributed by atoms with van der Waals surface area (Å²) >= 11 is 3.67. The topological polar surface area (TPSA) is 29.1 Å². The van der Waals surface area contributed by atoms with Crippen molar-refractivity contribution < 1.29 is 4.79 Å². The summed E-state index contributed by atoms with van der Waals surface area (Å²) in [6, 6.07) is 0. The summed E-state index contributed by atoms with van der Waals surface area (Å²) in [6.45, 7) is 5.14. The lowest BCUT2D eigenvalue weighted by atomic mass is 9.89. The minimum Gasteiger partial charge on any atom is -0.356 e. The Labute approximate surface area is 108 Å². The van der Waals surface area contributed by atoms with Crippen LogP contribution in [0.4, 0.5) is 0 Å². The number of carbonyl (C=O) groups excluding carboxylic acids is 1. The average Bonchev–Trinajstić information content (AvgIpc) is 2.26. The van der Waals surface area contributed by atoms with Gasteiger partial charge in [-0.3, -0.25) is 4.79 Å². The molecule has 1 amide bonds. The van der Waals surface area contributed by atoms with Gasteiger partial charge < -0.3 is 5.32 Å². The third-order valence-electron chi connectivity index (χ3n) is 3.54. The van der Waals surface area contributed by atoms with Gasteiger partial charge in [0.25, 0.3) is 0 Å². The first-order valence-corrected chi connectivity index (χ1v) is 7.44. The van der Waals surface area contributed by atoms with Crippen molar-refractivity contribution >= 4 is 21.8 Å². The van der Waals surface area contributed by atoms with E-state index in [0.29, 0.717) is 23.1 Å². The molecule has 0 aromatic heterocycles. The quantitative estimate of drug-likeness (QED) is 0.772. The van der Waals surface area contributed by atoms with Crippen LogP contribution >= 0.6 is 15.9 Å². The standard InChI is InChI=1S/C13H24BrNO/c1-3-10(2)7-13(16)15-9-11-5-4-6-12(14)8-11/h10-12H,3-9H2,1-2H3,(H,15,16). The van der Waals surface area contributed by atoms with Crippen molar-refractivity contribution in [3.05, 3.63) is 0 Å². The fraction of sp³-hybridized carbons (Fsp3) is 0.923. The van der Waals surface area contributed by atoms with Gasteiger partial charge in [-0.25, -0.2) is 0 Å². The van der Waals surface area contributed by atoms with Crippen LogP contribution in [0.3, 0.4) is 0 Å². The van der Waals surface area contributed by atoms with Gasteiger partial charge in [0.2, 0.25) is 5.91 Å². The highest BCUT2D eigenvalue weighted by Gasteiger charge is 2.20. The van der Waals surface area contributed by atoms with Crippen LogP contribution < -0.4 is 5.32 Å². The number of alkyl halides is 1. The number of carbonyl (C=O) groups is 1. The first-order valence-electron chi connectivity index (χ1n) is 6.52. The first-order chi connectivity index (χ1) is 7.61. The van der Waals surface area contributed by atoms with Gasteiger partial charge in [0, 0.05) is 17.8 Å². The van der Waals surface area contributed by atoms with Crippen molar-refractivity contribution in [2.75, 3.05) is 6.54 Å². The van der Waals surface area contributed by atoms with Gasteiger partial charge in [-0.15, -0.1) is 0 Å². The number of rotatable bonds is 5. The summed E-state index contributed by atoms with van der Waals surface area (Å²) in [4.78, 5) is 12.3. The molecule has 3 unspecified atom stereocenters. The predicted octanol–water partition coefficient (Wildman–Crippen LogP) is 3.49. The van der Waals surface area contributed by atoms with Gasteiger partial charge in [-0.1, -0.05) is 42.6 Å². The number of nitrogens with one attached hydrogen (secondary N) is 1. The number of halogens is 1. The molecular formula is C13H24BrNO. The molecule has 1 fully saturated rings. The maximum absolute atomic E-state index is 11.6. The summed E-state index contributed by atoms with van der Waals surface area (Å²) in [5, 5.41) is 3.08. The zero-order valence-electron chi connectivity index (χ0n) is 10.5. The highest BCUT2D eigenvalue weighted by Crippen LogP contribution is 2.28. The van der Waals surface area contributed by atoms with Crippen LogP contribution in [0.15, 0.2) is 0 Å². The molecule has 0 saturated heterocycles. The summed E-state index contributed by atoms with van der Waals surface area (Å²) in [5.74, 6) is 1.42. The van der Waals surface area contributed by atoms with Crippen LogP contribution in [-0.4, -0.2) is 17.3 Å². The van der Waals surface area contributed by atoms with Crippen LogP contribution in [0, 0.1) is 11.8 Å². The molecule has 16 heavy (non-hydrogen) atoms. The Morgan fingerprint density at radius 1 is 1.50 bits per heavy atom. The van der Waals surface area contributed by atoms with E-state index in [1.807, 2.05) is 0 Å². The molecule has 1 aliphatic carbocycles. The third-order valence-corrected chi connectivity index (χ3v) is 4.37. The van der Waals surface area contributed by atoms with Gasteiger partial charge in [0.05, 0.1) is 0 Å². The Morgan fingerprint density at radius 2 is 2.25 bits per heavy atom. The van der Waals surface area contributed by atoms with Crippen LogP contribution in [0.25, 0.3) is 0 Å². The Kier molecular flexibility index (Phi) is 6.40. The normalized spacial score (nSPS) is 27.4. The highest BCUT2D eigenvalue weighted by molar-refractivity contribution is 9.09. The lowest BCUT2D eigenvalue weighted by Gasteiger charge is -2.25. The first kappa shape index (κ1) is 14.0. The van der Waals surface area contributed by atoms with Gasteiger partial charge in [-0.2, -0.15) is 0 Å². The SMILES string of the molecule is CCC(C)CC(=O)NCC1CCCC(Br)C1. The lowest BCUT2D eigenvalue weighted by molar-refractivity contribution is -0.122. The summed E-state index contributed by atoms with van der Waals surface area (Å²) in [7, 11) is 0. The molecule has 1 saturated carbocycles. The smallest absolute Gasteiger partial charge is 0.220 e. The van der Waals surface area contributed by atoms with Crippen molar-refractivity contribution in [3.8, 4) is 0 Å². The van der Waals surface area contributed by atoms with Crippen molar-refractivity contribution in [3.63, 3.8) is 0 Å². The van der Waals surface area contributed by atoms with Crippen molar-refractivity contribution in [1.82, 2.24) is 5.32 Å². The van der Waals surface area contributed by atoms with Crippen LogP contribution in [-0.2, 0) is 4.79 Å². The molecule has 0 heterocycles. The average molecular weight is 290 g/mol. The molecule has 94 valence electrons. The molecule has 0 spiro atoms. The molecule has 1 rings (SSSR count). The molecule has 3 heteroatoms. The van der Waals surface area contributed by atoms with Gasteiger partial charge in [0.15, 0.2) is 0 Å². The van der Waals surface area contributed by atoms with E-state index in [-0.39, 0.29) is 5.91 Å². The summed E-state index contributed by atoms with van der Waals surface area (Å²) in [5.41, 5.74) is 0. The van der Waals surface area contributed by atoms with E-state index in [2.05, 4.69) is 35.1 Å². The second kappa shape index (κ2) is 7.31. The fourth-order valence-electron chi connectivity index (χ4n) is 2.20. The molecule has 2 nitrogen and oxygen atoms in total. The molecule has 0 bridgehead atoms. The maximum atomic E-state index is 11.6. The molecule has 1 aliphatic rings. The summed E-state index contributed by atoms with van der Waals surface area (Å²) < 4.78 is 0. The monoisotopic (exact) mass is 289 g/mol. The Balaban J connectivity index is 2.15. The minimum absolute atomic E-state index is 0.228. The van der Waals surface area contributed by atoms with Crippen LogP contribution in [0.5, 0.6) is 0 Å². The second-order valence-corrected chi connectivity index (χ2v) is 6.45. The van der Waals surface area contributed by atoms with E-state index < -0.39 is 0 Å². The van der Waals surface area contributed by atoms with Crippen molar-refractivity contribution in [1.29, 1.82) is 0 Å². The third kappa shape index (κ3) is 5.33. The second-order valence-electron chi connectivity index (χ2n) is 5.15. The molecule has 1 N–H and O–H groups in total. The van der Waals surface area contributed by atoms with E-state index >= 15 is 0 Å². The number of amides is 1. The van der Waals surface area contributed by atoms with Crippen LogP contribution in [0.1, 0.15) is 52.4 Å². The van der Waals surface area contributed by atoms with E-state index in [0.717, 1.165) is 13.0 Å². The van der Waals surface area contributed by atoms with E-state index in [9.17, 15) is 4.79 Å².